The highest BCUT2D eigenvalue weighted by Gasteiger charge is 2.45. The fraction of sp³-hybridized carbons (Fsp3) is 0.0400. The minimum Gasteiger partial charge on any atom is -0.358 e. The van der Waals surface area contributed by atoms with Crippen LogP contribution in [0.4, 0.5) is 7.77 Å². The van der Waals surface area contributed by atoms with E-state index < -0.39 is 26.4 Å². The third-order valence-electron chi connectivity index (χ3n) is 5.92. The van der Waals surface area contributed by atoms with Crippen LogP contribution in [0.2, 0.25) is 0 Å². The SMILES string of the molecule is O=S(=O)(F)Oc1ccc(C2(c3ccc(OS(=O)(=O)F)cc3)c3ccccc3-c3ccccc32)cc1. The minimum atomic E-state index is -5.19. The number of rotatable bonds is 6. The lowest BCUT2D eigenvalue weighted by Gasteiger charge is -2.34. The van der Waals surface area contributed by atoms with Crippen LogP contribution in [-0.4, -0.2) is 16.8 Å². The van der Waals surface area contributed by atoms with Crippen LogP contribution in [-0.2, 0) is 26.4 Å². The van der Waals surface area contributed by atoms with Crippen LogP contribution < -0.4 is 8.37 Å². The average Bonchev–Trinajstić information content (AvgIpc) is 3.10. The third kappa shape index (κ3) is 4.15. The summed E-state index contributed by atoms with van der Waals surface area (Å²) >= 11 is 0. The molecule has 0 aliphatic heterocycles. The molecule has 1 aliphatic carbocycles. The molecule has 0 saturated heterocycles. The van der Waals surface area contributed by atoms with Crippen molar-refractivity contribution in [3.05, 3.63) is 119 Å². The van der Waals surface area contributed by atoms with Crippen molar-refractivity contribution in [1.29, 1.82) is 0 Å². The lowest BCUT2D eigenvalue weighted by molar-refractivity contribution is 0.438. The summed E-state index contributed by atoms with van der Waals surface area (Å²) in [4.78, 5) is 0. The molecule has 0 aromatic heterocycles. The number of hydrogen-bond donors (Lipinski definition) is 0. The second kappa shape index (κ2) is 8.17. The van der Waals surface area contributed by atoms with Gasteiger partial charge in [0.2, 0.25) is 0 Å². The van der Waals surface area contributed by atoms with E-state index in [4.69, 9.17) is 0 Å². The molecule has 35 heavy (non-hydrogen) atoms. The maximum absolute atomic E-state index is 13.0. The second-order valence-corrected chi connectivity index (χ2v) is 9.75. The predicted octanol–water partition coefficient (Wildman–Crippen LogP) is 5.24. The van der Waals surface area contributed by atoms with Crippen LogP contribution in [0.15, 0.2) is 97.1 Å². The molecular formula is C25H16F2O6S2. The van der Waals surface area contributed by atoms with Crippen LogP contribution in [0.5, 0.6) is 11.5 Å². The van der Waals surface area contributed by atoms with Gasteiger partial charge in [-0.05, 0) is 57.6 Å². The zero-order chi connectivity index (χ0) is 24.8. The number of benzene rings is 4. The highest BCUT2D eigenvalue weighted by atomic mass is 32.3. The van der Waals surface area contributed by atoms with Gasteiger partial charge in [0.25, 0.3) is 0 Å². The molecule has 6 nitrogen and oxygen atoms in total. The van der Waals surface area contributed by atoms with Gasteiger partial charge >= 0.3 is 21.0 Å². The molecule has 0 amide bonds. The summed E-state index contributed by atoms with van der Waals surface area (Å²) in [6.45, 7) is 0. The number of halogens is 2. The molecule has 1 aliphatic rings. The molecule has 0 fully saturated rings. The van der Waals surface area contributed by atoms with Gasteiger partial charge in [-0.15, -0.1) is 0 Å². The Labute approximate surface area is 201 Å². The molecule has 0 unspecified atom stereocenters. The van der Waals surface area contributed by atoms with E-state index in [0.29, 0.717) is 11.1 Å². The van der Waals surface area contributed by atoms with Gasteiger partial charge in [0.05, 0.1) is 5.41 Å². The first-order chi connectivity index (χ1) is 16.6. The van der Waals surface area contributed by atoms with Crippen molar-refractivity contribution in [2.75, 3.05) is 0 Å². The fourth-order valence-corrected chi connectivity index (χ4v) is 5.46. The molecule has 0 atom stereocenters. The molecule has 0 radical (unpaired) electrons. The maximum Gasteiger partial charge on any atom is 0.488 e. The predicted molar refractivity (Wildman–Crippen MR) is 125 cm³/mol. The Morgan fingerprint density at radius 2 is 0.857 bits per heavy atom. The van der Waals surface area contributed by atoms with E-state index in [0.717, 1.165) is 22.3 Å². The van der Waals surface area contributed by atoms with Crippen molar-refractivity contribution in [1.82, 2.24) is 0 Å². The van der Waals surface area contributed by atoms with E-state index in [2.05, 4.69) is 8.37 Å². The lowest BCUT2D eigenvalue weighted by atomic mass is 9.68. The molecule has 0 heterocycles. The Morgan fingerprint density at radius 3 is 1.20 bits per heavy atom. The van der Waals surface area contributed by atoms with Crippen molar-refractivity contribution >= 4 is 21.0 Å². The smallest absolute Gasteiger partial charge is 0.358 e. The summed E-state index contributed by atoms with van der Waals surface area (Å²) in [5, 5.41) is 0. The lowest BCUT2D eigenvalue weighted by Crippen LogP contribution is -2.28. The van der Waals surface area contributed by atoms with E-state index >= 15 is 0 Å². The Hall–Kier alpha value is -3.76. The van der Waals surface area contributed by atoms with Gasteiger partial charge in [-0.1, -0.05) is 80.6 Å². The maximum atomic E-state index is 13.0. The summed E-state index contributed by atoms with van der Waals surface area (Å²) in [5.74, 6) is -0.384. The molecule has 0 saturated carbocycles. The molecule has 0 spiro atoms. The normalized spacial score (nSPS) is 14.1. The van der Waals surface area contributed by atoms with Crippen LogP contribution in [0.1, 0.15) is 22.3 Å². The van der Waals surface area contributed by atoms with E-state index in [1.165, 1.54) is 24.3 Å². The number of hydrogen-bond acceptors (Lipinski definition) is 6. The highest BCUT2D eigenvalue weighted by Crippen LogP contribution is 2.56. The first-order valence-electron chi connectivity index (χ1n) is 10.3. The third-order valence-corrected chi connectivity index (χ3v) is 6.70. The van der Waals surface area contributed by atoms with Gasteiger partial charge in [-0.2, -0.15) is 16.8 Å². The van der Waals surface area contributed by atoms with Crippen LogP contribution >= 0.6 is 0 Å². The minimum absolute atomic E-state index is 0.192. The van der Waals surface area contributed by atoms with Crippen molar-refractivity contribution < 1.29 is 33.0 Å². The van der Waals surface area contributed by atoms with Gasteiger partial charge in [-0.25, -0.2) is 0 Å². The van der Waals surface area contributed by atoms with Crippen LogP contribution in [0, 0.1) is 0 Å². The summed E-state index contributed by atoms with van der Waals surface area (Å²) in [5.41, 5.74) is 4.30. The van der Waals surface area contributed by atoms with Gasteiger partial charge in [0, 0.05) is 0 Å². The Morgan fingerprint density at radius 1 is 0.514 bits per heavy atom. The monoisotopic (exact) mass is 514 g/mol. The Bertz CT molecular complexity index is 1510. The molecule has 4 aromatic rings. The molecule has 10 heteroatoms. The highest BCUT2D eigenvalue weighted by molar-refractivity contribution is 7.82. The summed E-state index contributed by atoms with van der Waals surface area (Å²) in [7, 11) is -10.4. The molecule has 5 rings (SSSR count). The standard InChI is InChI=1S/C25H16F2O6S2/c26-34(28,29)32-19-13-9-17(10-14-19)25(18-11-15-20(16-12-18)33-35(27,30)31)23-7-3-1-5-21(23)22-6-2-4-8-24(22)25/h1-16H. The molecule has 178 valence electrons. The zero-order valence-electron chi connectivity index (χ0n) is 17.8. The first kappa shape index (κ1) is 23.0. The number of fused-ring (bicyclic) bond motifs is 3. The molecule has 0 bridgehead atoms. The quantitative estimate of drug-likeness (QED) is 0.288. The van der Waals surface area contributed by atoms with E-state index in [9.17, 15) is 24.6 Å². The summed E-state index contributed by atoms with van der Waals surface area (Å²) in [6, 6.07) is 27.4. The van der Waals surface area contributed by atoms with E-state index in [1.54, 1.807) is 24.3 Å². The van der Waals surface area contributed by atoms with Crippen molar-refractivity contribution in [2.24, 2.45) is 0 Å². The van der Waals surface area contributed by atoms with Gasteiger partial charge in [0.1, 0.15) is 11.5 Å². The van der Waals surface area contributed by atoms with E-state index in [-0.39, 0.29) is 11.5 Å². The van der Waals surface area contributed by atoms with Gasteiger partial charge in [-0.3, -0.25) is 0 Å². The molecular weight excluding hydrogens is 498 g/mol. The van der Waals surface area contributed by atoms with Gasteiger partial charge < -0.3 is 8.37 Å². The molecule has 4 aromatic carbocycles. The van der Waals surface area contributed by atoms with E-state index in [1.807, 2.05) is 48.5 Å². The molecule has 0 N–H and O–H groups in total. The summed E-state index contributed by atoms with van der Waals surface area (Å²) < 4.78 is 78.4. The van der Waals surface area contributed by atoms with Crippen LogP contribution in [0.3, 0.4) is 0 Å². The van der Waals surface area contributed by atoms with Crippen molar-refractivity contribution in [2.45, 2.75) is 5.41 Å². The first-order valence-corrected chi connectivity index (χ1v) is 12.9. The van der Waals surface area contributed by atoms with Crippen molar-refractivity contribution in [3.63, 3.8) is 0 Å². The second-order valence-electron chi connectivity index (χ2n) is 7.84. The summed E-state index contributed by atoms with van der Waals surface area (Å²) in [6.07, 6.45) is 0. The largest absolute Gasteiger partial charge is 0.488 e. The average molecular weight is 515 g/mol. The fourth-order valence-electron chi connectivity index (χ4n) is 4.77. The Balaban J connectivity index is 1.76. The van der Waals surface area contributed by atoms with Gasteiger partial charge in [0.15, 0.2) is 0 Å². The van der Waals surface area contributed by atoms with Crippen molar-refractivity contribution in [3.8, 4) is 22.6 Å². The topological polar surface area (TPSA) is 86.7 Å². The Kier molecular flexibility index (Phi) is 5.37. The zero-order valence-corrected chi connectivity index (χ0v) is 19.4. The van der Waals surface area contributed by atoms with Crippen LogP contribution in [0.25, 0.3) is 11.1 Å².